The van der Waals surface area contributed by atoms with Crippen LogP contribution >= 0.6 is 0 Å². The first-order valence-electron chi connectivity index (χ1n) is 4.67. The Hall–Kier alpha value is -1.49. The number of amides is 1. The van der Waals surface area contributed by atoms with Crippen molar-refractivity contribution in [2.75, 3.05) is 27.2 Å². The smallest absolute Gasteiger partial charge is 0.272 e. The number of carbonyl (C=O) groups excluding carboxylic acids is 1. The molecule has 1 rings (SSSR count). The Morgan fingerprint density at radius 2 is 2.33 bits per heavy atom. The second-order valence-electron chi connectivity index (χ2n) is 3.18. The SMILES string of the molecule is CNCCN(C)C(=O)c1cccc(F)n1. The Morgan fingerprint density at radius 1 is 1.60 bits per heavy atom. The van der Waals surface area contributed by atoms with Gasteiger partial charge < -0.3 is 10.2 Å². The van der Waals surface area contributed by atoms with Gasteiger partial charge in [0, 0.05) is 20.1 Å². The molecule has 0 fully saturated rings. The predicted octanol–water partition coefficient (Wildman–Crippen LogP) is 0.512. The largest absolute Gasteiger partial charge is 0.339 e. The number of pyridine rings is 1. The third-order valence-corrected chi connectivity index (χ3v) is 1.98. The van der Waals surface area contributed by atoms with Crippen molar-refractivity contribution in [2.45, 2.75) is 0 Å². The average molecular weight is 211 g/mol. The summed E-state index contributed by atoms with van der Waals surface area (Å²) in [5, 5.41) is 2.93. The number of carbonyl (C=O) groups is 1. The van der Waals surface area contributed by atoms with Gasteiger partial charge in [-0.15, -0.1) is 0 Å². The van der Waals surface area contributed by atoms with Gasteiger partial charge in [-0.25, -0.2) is 4.98 Å². The first-order chi connectivity index (χ1) is 7.15. The lowest BCUT2D eigenvalue weighted by molar-refractivity contribution is 0.0790. The zero-order valence-electron chi connectivity index (χ0n) is 8.83. The van der Waals surface area contributed by atoms with E-state index in [4.69, 9.17) is 0 Å². The molecule has 0 aliphatic heterocycles. The molecular weight excluding hydrogens is 197 g/mol. The van der Waals surface area contributed by atoms with Crippen LogP contribution in [0.3, 0.4) is 0 Å². The molecule has 0 unspecified atom stereocenters. The predicted molar refractivity (Wildman–Crippen MR) is 55.1 cm³/mol. The van der Waals surface area contributed by atoms with Crippen LogP contribution in [0.15, 0.2) is 18.2 Å². The molecule has 0 radical (unpaired) electrons. The van der Waals surface area contributed by atoms with Crippen LogP contribution in [-0.4, -0.2) is 43.0 Å². The summed E-state index contributed by atoms with van der Waals surface area (Å²) < 4.78 is 12.7. The number of rotatable bonds is 4. The van der Waals surface area contributed by atoms with Gasteiger partial charge in [-0.3, -0.25) is 4.79 Å². The molecule has 4 nitrogen and oxygen atoms in total. The van der Waals surface area contributed by atoms with Gasteiger partial charge in [0.1, 0.15) is 5.69 Å². The summed E-state index contributed by atoms with van der Waals surface area (Å²) in [6, 6.07) is 4.19. The Labute approximate surface area is 88.1 Å². The summed E-state index contributed by atoms with van der Waals surface area (Å²) in [6.07, 6.45) is 0. The molecular formula is C10H14FN3O. The average Bonchev–Trinajstić information content (AvgIpc) is 2.24. The molecule has 0 aliphatic carbocycles. The molecule has 0 atom stereocenters. The molecule has 0 saturated heterocycles. The summed E-state index contributed by atoms with van der Waals surface area (Å²) in [7, 11) is 3.46. The highest BCUT2D eigenvalue weighted by molar-refractivity contribution is 5.92. The highest BCUT2D eigenvalue weighted by Gasteiger charge is 2.12. The van der Waals surface area contributed by atoms with Crippen molar-refractivity contribution in [3.63, 3.8) is 0 Å². The molecule has 0 spiro atoms. The maximum Gasteiger partial charge on any atom is 0.272 e. The molecule has 1 aromatic rings. The van der Waals surface area contributed by atoms with E-state index in [9.17, 15) is 9.18 Å². The van der Waals surface area contributed by atoms with Crippen molar-refractivity contribution >= 4 is 5.91 Å². The van der Waals surface area contributed by atoms with Crippen molar-refractivity contribution in [3.8, 4) is 0 Å². The summed E-state index contributed by atoms with van der Waals surface area (Å²) in [5.74, 6) is -0.910. The summed E-state index contributed by atoms with van der Waals surface area (Å²) in [5.41, 5.74) is 0.133. The van der Waals surface area contributed by atoms with E-state index in [1.165, 1.54) is 23.1 Å². The van der Waals surface area contributed by atoms with Crippen LogP contribution in [0, 0.1) is 5.95 Å². The molecule has 5 heteroatoms. The van der Waals surface area contributed by atoms with Gasteiger partial charge in [0.25, 0.3) is 5.91 Å². The van der Waals surface area contributed by atoms with Gasteiger partial charge in [0.2, 0.25) is 5.95 Å². The lowest BCUT2D eigenvalue weighted by Gasteiger charge is -2.15. The lowest BCUT2D eigenvalue weighted by Crippen LogP contribution is -2.33. The topological polar surface area (TPSA) is 45.2 Å². The van der Waals surface area contributed by atoms with Crippen molar-refractivity contribution < 1.29 is 9.18 Å². The zero-order chi connectivity index (χ0) is 11.3. The van der Waals surface area contributed by atoms with Crippen LogP contribution in [0.5, 0.6) is 0 Å². The Morgan fingerprint density at radius 3 is 2.93 bits per heavy atom. The third-order valence-electron chi connectivity index (χ3n) is 1.98. The molecule has 0 aromatic carbocycles. The maximum atomic E-state index is 12.7. The van der Waals surface area contributed by atoms with Gasteiger partial charge in [-0.1, -0.05) is 6.07 Å². The minimum Gasteiger partial charge on any atom is -0.339 e. The van der Waals surface area contributed by atoms with E-state index in [0.717, 1.165) is 0 Å². The molecule has 82 valence electrons. The van der Waals surface area contributed by atoms with Gasteiger partial charge in [0.05, 0.1) is 0 Å². The van der Waals surface area contributed by atoms with Crippen LogP contribution in [0.4, 0.5) is 4.39 Å². The molecule has 1 heterocycles. The molecule has 1 aromatic heterocycles. The first-order valence-corrected chi connectivity index (χ1v) is 4.67. The number of nitrogens with zero attached hydrogens (tertiary/aromatic N) is 2. The first kappa shape index (κ1) is 11.6. The van der Waals surface area contributed by atoms with Crippen molar-refractivity contribution in [1.29, 1.82) is 0 Å². The number of halogens is 1. The van der Waals surface area contributed by atoms with Crippen LogP contribution in [-0.2, 0) is 0 Å². The van der Waals surface area contributed by atoms with E-state index < -0.39 is 5.95 Å². The molecule has 15 heavy (non-hydrogen) atoms. The fourth-order valence-electron chi connectivity index (χ4n) is 1.10. The quantitative estimate of drug-likeness (QED) is 0.738. The third kappa shape index (κ3) is 3.28. The zero-order valence-corrected chi connectivity index (χ0v) is 8.83. The van der Waals surface area contributed by atoms with Gasteiger partial charge in [0.15, 0.2) is 0 Å². The minimum atomic E-state index is -0.636. The monoisotopic (exact) mass is 211 g/mol. The van der Waals surface area contributed by atoms with Crippen molar-refractivity contribution in [2.24, 2.45) is 0 Å². The van der Waals surface area contributed by atoms with Crippen molar-refractivity contribution in [1.82, 2.24) is 15.2 Å². The van der Waals surface area contributed by atoms with Gasteiger partial charge in [-0.2, -0.15) is 4.39 Å². The Bertz CT molecular complexity index is 343. The van der Waals surface area contributed by atoms with Crippen LogP contribution < -0.4 is 5.32 Å². The molecule has 0 saturated carbocycles. The van der Waals surface area contributed by atoms with E-state index in [-0.39, 0.29) is 11.6 Å². The second-order valence-corrected chi connectivity index (χ2v) is 3.18. The van der Waals surface area contributed by atoms with E-state index in [2.05, 4.69) is 10.3 Å². The summed E-state index contributed by atoms with van der Waals surface area (Å²) >= 11 is 0. The second kappa shape index (κ2) is 5.41. The van der Waals surface area contributed by atoms with E-state index in [0.29, 0.717) is 13.1 Å². The molecule has 1 N–H and O–H groups in total. The van der Waals surface area contributed by atoms with Gasteiger partial charge in [-0.05, 0) is 19.2 Å². The van der Waals surface area contributed by atoms with E-state index in [1.807, 2.05) is 0 Å². The highest BCUT2D eigenvalue weighted by Crippen LogP contribution is 2.01. The number of likely N-dealkylation sites (N-methyl/N-ethyl adjacent to an activating group) is 2. The lowest BCUT2D eigenvalue weighted by atomic mass is 10.3. The highest BCUT2D eigenvalue weighted by atomic mass is 19.1. The summed E-state index contributed by atoms with van der Waals surface area (Å²) in [4.78, 5) is 16.7. The minimum absolute atomic E-state index is 0.133. The number of hydrogen-bond acceptors (Lipinski definition) is 3. The normalized spacial score (nSPS) is 10.1. The standard InChI is InChI=1S/C10H14FN3O/c1-12-6-7-14(2)10(15)8-4-3-5-9(11)13-8/h3-5,12H,6-7H2,1-2H3. The molecule has 0 aliphatic rings. The molecule has 1 amide bonds. The van der Waals surface area contributed by atoms with Gasteiger partial charge >= 0.3 is 0 Å². The fourth-order valence-corrected chi connectivity index (χ4v) is 1.10. The number of nitrogens with one attached hydrogen (secondary N) is 1. The molecule has 0 bridgehead atoms. The fraction of sp³-hybridized carbons (Fsp3) is 0.400. The summed E-state index contributed by atoms with van der Waals surface area (Å²) in [6.45, 7) is 1.26. The Kier molecular flexibility index (Phi) is 4.17. The van der Waals surface area contributed by atoms with Crippen LogP contribution in [0.1, 0.15) is 10.5 Å². The van der Waals surface area contributed by atoms with E-state index >= 15 is 0 Å². The van der Waals surface area contributed by atoms with E-state index in [1.54, 1.807) is 14.1 Å². The van der Waals surface area contributed by atoms with Crippen molar-refractivity contribution in [3.05, 3.63) is 29.8 Å². The van der Waals surface area contributed by atoms with Crippen LogP contribution in [0.2, 0.25) is 0 Å². The van der Waals surface area contributed by atoms with Crippen LogP contribution in [0.25, 0.3) is 0 Å². The Balaban J connectivity index is 2.67. The number of hydrogen-bond donors (Lipinski definition) is 1. The number of aromatic nitrogens is 1. The maximum absolute atomic E-state index is 12.7.